The first-order chi connectivity index (χ1) is 31.3. The quantitative estimate of drug-likeness (QED) is 0.0425. The molecular formula is C47H74N8O8S. The molecule has 356 valence electrons. The molecule has 0 aliphatic carbocycles. The highest BCUT2D eigenvalue weighted by molar-refractivity contribution is 8.52. The third kappa shape index (κ3) is 15.2. The van der Waals surface area contributed by atoms with Gasteiger partial charge in [0, 0.05) is 81.7 Å². The molecular weight excluding hydrogens is 837 g/mol. The van der Waals surface area contributed by atoms with Crippen molar-refractivity contribution in [3.63, 3.8) is 0 Å². The van der Waals surface area contributed by atoms with E-state index >= 15 is 0 Å². The SMILES string of the molecule is C=c1cccc/c1=C/N(/N=C/c1ccccc1C=N)S(C)(NCc1ccccc1CC)(NNC)(OCCOCCOCCN1CCOCC1)OCCOCCOCCN1CCOCC1. The fourth-order valence-electron chi connectivity index (χ4n) is 7.38. The molecule has 64 heavy (non-hydrogen) atoms. The number of morpholine rings is 2. The van der Waals surface area contributed by atoms with E-state index in [0.717, 1.165) is 93.7 Å². The third-order valence-corrected chi connectivity index (χ3v) is 15.8. The topological polar surface area (TPSA) is 156 Å². The summed E-state index contributed by atoms with van der Waals surface area (Å²) in [5.74, 6) is 0. The standard InChI is InChI=1S/C47H74N8O8S/c1-5-43-13-8-10-16-46(43)40-51-64(4,52-49-3,62-36-34-60-32-30-58-28-22-53-18-24-56-25-19-53,63-37-35-61-33-31-59-29-23-54-20-26-57-27-21-54)55(41-47-17-7-6-12-42(47)2)50-39-45-15-11-9-14-44(45)38-48/h6-17,38-39,41,48-49,51-52H,2,5,18-37,40H2,1,3-4H3/b47-41-,48-38?,50-39+. The lowest BCUT2D eigenvalue weighted by atomic mass is 10.1. The predicted octanol–water partition coefficient (Wildman–Crippen LogP) is 3.09. The molecule has 2 fully saturated rings. The van der Waals surface area contributed by atoms with Crippen molar-refractivity contribution in [1.29, 1.82) is 5.41 Å². The van der Waals surface area contributed by atoms with E-state index in [2.05, 4.69) is 50.4 Å². The summed E-state index contributed by atoms with van der Waals surface area (Å²) in [5, 5.41) is 14.9. The van der Waals surface area contributed by atoms with Crippen LogP contribution in [0.3, 0.4) is 0 Å². The highest BCUT2D eigenvalue weighted by Gasteiger charge is 2.55. The molecule has 0 bridgehead atoms. The van der Waals surface area contributed by atoms with Crippen molar-refractivity contribution >= 4 is 34.6 Å². The van der Waals surface area contributed by atoms with Gasteiger partial charge in [-0.05, 0) is 22.8 Å². The zero-order chi connectivity index (χ0) is 45.3. The van der Waals surface area contributed by atoms with Gasteiger partial charge in [-0.3, -0.25) is 18.2 Å². The van der Waals surface area contributed by atoms with Gasteiger partial charge >= 0.3 is 0 Å². The van der Waals surface area contributed by atoms with E-state index < -0.39 is 9.41 Å². The summed E-state index contributed by atoms with van der Waals surface area (Å²) in [6, 6.07) is 23.7. The van der Waals surface area contributed by atoms with E-state index in [0.29, 0.717) is 51.7 Å². The van der Waals surface area contributed by atoms with Crippen molar-refractivity contribution in [2.24, 2.45) is 5.10 Å². The number of nitrogens with zero attached hydrogens (tertiary/aromatic N) is 4. The molecule has 2 saturated heterocycles. The number of nitrogens with one attached hydrogen (secondary N) is 4. The van der Waals surface area contributed by atoms with Crippen molar-refractivity contribution < 1.29 is 36.8 Å². The van der Waals surface area contributed by atoms with Crippen LogP contribution in [0.2, 0.25) is 0 Å². The first-order valence-corrected chi connectivity index (χ1v) is 25.2. The zero-order valence-corrected chi connectivity index (χ0v) is 39.2. The Labute approximate surface area is 380 Å². The molecule has 0 saturated carbocycles. The fraction of sp³-hybridized carbons (Fsp3) is 0.532. The molecule has 0 spiro atoms. The lowest BCUT2D eigenvalue weighted by Crippen LogP contribution is -2.70. The van der Waals surface area contributed by atoms with Crippen LogP contribution in [0.5, 0.6) is 0 Å². The van der Waals surface area contributed by atoms with Gasteiger partial charge in [-0.1, -0.05) is 86.3 Å². The molecule has 17 heteroatoms. The Kier molecular flexibility index (Phi) is 21.3. The van der Waals surface area contributed by atoms with Crippen LogP contribution in [0.25, 0.3) is 12.8 Å². The van der Waals surface area contributed by atoms with Gasteiger partial charge < -0.3 is 33.8 Å². The van der Waals surface area contributed by atoms with Crippen LogP contribution in [0, 0.1) is 5.41 Å². The highest BCUT2D eigenvalue weighted by atomic mass is 32.4. The normalized spacial score (nSPS) is 16.8. The second-order valence-corrected chi connectivity index (χ2v) is 20.6. The van der Waals surface area contributed by atoms with Crippen LogP contribution in [0.1, 0.15) is 29.2 Å². The number of benzene rings is 3. The van der Waals surface area contributed by atoms with Gasteiger partial charge in [-0.25, -0.2) is 10.1 Å². The summed E-state index contributed by atoms with van der Waals surface area (Å²) in [6.45, 7) is 18.8. The largest absolute Gasteiger partial charge is 0.379 e. The molecule has 4 N–H and O–H groups in total. The number of aryl methyl sites for hydroxylation is 1. The van der Waals surface area contributed by atoms with Gasteiger partial charge in [0.2, 0.25) is 0 Å². The second-order valence-electron chi connectivity index (χ2n) is 15.7. The summed E-state index contributed by atoms with van der Waals surface area (Å²) >= 11 is 0. The van der Waals surface area contributed by atoms with Crippen molar-refractivity contribution in [3.8, 4) is 0 Å². The van der Waals surface area contributed by atoms with Crippen LogP contribution in [0.4, 0.5) is 0 Å². The van der Waals surface area contributed by atoms with E-state index in [9.17, 15) is 0 Å². The molecule has 0 unspecified atom stereocenters. The van der Waals surface area contributed by atoms with Gasteiger partial charge in [0.15, 0.2) is 0 Å². The Morgan fingerprint density at radius 3 is 1.75 bits per heavy atom. The smallest absolute Gasteiger partial charge is 0.0963 e. The average Bonchev–Trinajstić information content (AvgIpc) is 3.33. The van der Waals surface area contributed by atoms with Crippen LogP contribution >= 0.6 is 9.41 Å². The van der Waals surface area contributed by atoms with E-state index in [1.54, 1.807) is 17.7 Å². The predicted molar refractivity (Wildman–Crippen MR) is 258 cm³/mol. The van der Waals surface area contributed by atoms with Crippen LogP contribution in [-0.4, -0.2) is 172 Å². The molecule has 3 aromatic rings. The first-order valence-electron chi connectivity index (χ1n) is 22.5. The Morgan fingerprint density at radius 2 is 1.20 bits per heavy atom. The second kappa shape index (κ2) is 26.5. The van der Waals surface area contributed by atoms with Crippen LogP contribution in [0.15, 0.2) is 77.9 Å². The van der Waals surface area contributed by atoms with Crippen molar-refractivity contribution in [3.05, 3.63) is 105 Å². The molecule has 16 nitrogen and oxygen atoms in total. The van der Waals surface area contributed by atoms with E-state index in [4.69, 9.17) is 47.3 Å². The Bertz CT molecular complexity index is 1950. The maximum atomic E-state index is 8.15. The molecule has 0 atom stereocenters. The first kappa shape index (κ1) is 51.4. The molecule has 2 aliphatic heterocycles. The molecule has 5 rings (SSSR count). The minimum Gasteiger partial charge on any atom is -0.379 e. The monoisotopic (exact) mass is 911 g/mol. The van der Waals surface area contributed by atoms with E-state index in [1.807, 2.05) is 73.1 Å². The van der Waals surface area contributed by atoms with Crippen LogP contribution < -0.4 is 25.4 Å². The molecule has 0 radical (unpaired) electrons. The van der Waals surface area contributed by atoms with Gasteiger partial charge in [0.1, 0.15) is 0 Å². The number of hydrogen-bond donors (Lipinski definition) is 4. The Morgan fingerprint density at radius 1 is 0.703 bits per heavy atom. The molecule has 0 aromatic heterocycles. The van der Waals surface area contributed by atoms with Crippen LogP contribution in [-0.2, 0) is 49.8 Å². The lowest BCUT2D eigenvalue weighted by molar-refractivity contribution is 0.000850. The molecule has 2 aliphatic rings. The van der Waals surface area contributed by atoms with Gasteiger partial charge in [-0.2, -0.15) is 14.3 Å². The minimum atomic E-state index is -5.17. The van der Waals surface area contributed by atoms with Crippen molar-refractivity contribution in [2.45, 2.75) is 19.9 Å². The minimum absolute atomic E-state index is 0.0870. The van der Waals surface area contributed by atoms with E-state index in [1.165, 1.54) is 11.8 Å². The Hall–Kier alpha value is -3.63. The maximum Gasteiger partial charge on any atom is 0.0963 e. The van der Waals surface area contributed by atoms with Crippen molar-refractivity contribution in [2.75, 3.05) is 145 Å². The average molecular weight is 911 g/mol. The maximum absolute atomic E-state index is 8.15. The molecule has 0 amide bonds. The van der Waals surface area contributed by atoms with Gasteiger partial charge in [0.05, 0.1) is 105 Å². The number of rotatable bonds is 31. The molecule has 3 aromatic carbocycles. The fourth-order valence-corrected chi connectivity index (χ4v) is 11.2. The van der Waals surface area contributed by atoms with Gasteiger partial charge in [-0.15, -0.1) is 9.41 Å². The lowest BCUT2D eigenvalue weighted by Gasteiger charge is -2.84. The number of ether oxygens (including phenoxy) is 6. The summed E-state index contributed by atoms with van der Waals surface area (Å²) < 4.78 is 55.3. The van der Waals surface area contributed by atoms with Crippen molar-refractivity contribution in [1.82, 2.24) is 29.2 Å². The summed E-state index contributed by atoms with van der Waals surface area (Å²) in [6.07, 6.45) is 7.63. The molecule has 2 heterocycles. The number of hydrazone groups is 1. The third-order valence-electron chi connectivity index (χ3n) is 11.2. The number of hydrogen-bond acceptors (Lipinski definition) is 16. The summed E-state index contributed by atoms with van der Waals surface area (Å²) in [5.41, 5.74) is 6.88. The highest BCUT2D eigenvalue weighted by Crippen LogP contribution is 2.84. The van der Waals surface area contributed by atoms with E-state index in [-0.39, 0.29) is 26.4 Å². The Balaban J connectivity index is 1.46. The summed E-state index contributed by atoms with van der Waals surface area (Å²) in [4.78, 5) is 8.23. The summed E-state index contributed by atoms with van der Waals surface area (Å²) in [7, 11) is -3.40. The van der Waals surface area contributed by atoms with Gasteiger partial charge in [0.25, 0.3) is 0 Å². The zero-order valence-electron chi connectivity index (χ0n) is 38.4. The number of hydrazine groups is 1.